The Balaban J connectivity index is 2.09. The van der Waals surface area contributed by atoms with E-state index >= 15 is 0 Å². The minimum Gasteiger partial charge on any atom is -0.276 e. The van der Waals surface area contributed by atoms with Gasteiger partial charge in [0.15, 0.2) is 4.87 Å². The van der Waals surface area contributed by atoms with Gasteiger partial charge >= 0.3 is 0 Å². The summed E-state index contributed by atoms with van der Waals surface area (Å²) in [5.74, 6) is 0. The lowest BCUT2D eigenvalue weighted by Gasteiger charge is -2.19. The van der Waals surface area contributed by atoms with Crippen LogP contribution >= 0.6 is 11.6 Å². The number of hydrogen-bond donors (Lipinski definition) is 1. The monoisotopic (exact) mass is 244 g/mol. The molecule has 4 nitrogen and oxygen atoms in total. The van der Waals surface area contributed by atoms with Crippen molar-refractivity contribution in [3.05, 3.63) is 53.9 Å². The van der Waals surface area contributed by atoms with Crippen LogP contribution in [0.1, 0.15) is 11.3 Å². The number of nitrogens with zero attached hydrogens (tertiary/aromatic N) is 3. The maximum Gasteiger partial charge on any atom is 0.152 e. The number of aromatic amines is 1. The lowest BCUT2D eigenvalue weighted by atomic mass is 9.93. The van der Waals surface area contributed by atoms with Crippen LogP contribution in [0.15, 0.2) is 52.8 Å². The summed E-state index contributed by atoms with van der Waals surface area (Å²) < 4.78 is 0. The van der Waals surface area contributed by atoms with Crippen LogP contribution in [-0.2, 0) is 4.87 Å². The molecule has 0 aliphatic carbocycles. The molecular formula is C12H9ClN4. The first kappa shape index (κ1) is 10.2. The first-order chi connectivity index (χ1) is 8.31. The Hall–Kier alpha value is -1.94. The van der Waals surface area contributed by atoms with Gasteiger partial charge in [0.2, 0.25) is 0 Å². The molecule has 1 aromatic heterocycles. The zero-order valence-electron chi connectivity index (χ0n) is 8.84. The first-order valence-corrected chi connectivity index (χ1v) is 5.55. The summed E-state index contributed by atoms with van der Waals surface area (Å²) in [6.45, 7) is 0. The summed E-state index contributed by atoms with van der Waals surface area (Å²) in [5, 5.41) is 14.8. The van der Waals surface area contributed by atoms with Crippen LogP contribution in [0.2, 0.25) is 0 Å². The molecule has 1 unspecified atom stereocenters. The van der Waals surface area contributed by atoms with E-state index in [-0.39, 0.29) is 0 Å². The normalized spacial score (nSPS) is 22.8. The number of benzene rings is 1. The summed E-state index contributed by atoms with van der Waals surface area (Å²) in [5.41, 5.74) is 2.39. The van der Waals surface area contributed by atoms with E-state index in [4.69, 9.17) is 11.6 Å². The van der Waals surface area contributed by atoms with E-state index < -0.39 is 4.87 Å². The number of H-pyrrole nitrogens is 1. The maximum atomic E-state index is 6.63. The van der Waals surface area contributed by atoms with Gasteiger partial charge in [-0.05, 0) is 11.6 Å². The summed E-state index contributed by atoms with van der Waals surface area (Å²) in [6.07, 6.45) is 3.30. The second-order valence-electron chi connectivity index (χ2n) is 3.74. The highest BCUT2D eigenvalue weighted by Gasteiger charge is 2.38. The second-order valence-corrected chi connectivity index (χ2v) is 4.34. The zero-order chi connectivity index (χ0) is 11.7. The molecule has 1 aliphatic heterocycles. The third-order valence-electron chi connectivity index (χ3n) is 2.69. The number of aromatic nitrogens is 2. The van der Waals surface area contributed by atoms with Gasteiger partial charge in [-0.25, -0.2) is 0 Å². The van der Waals surface area contributed by atoms with Crippen LogP contribution in [-0.4, -0.2) is 22.1 Å². The quantitative estimate of drug-likeness (QED) is 0.810. The zero-order valence-corrected chi connectivity index (χ0v) is 9.59. The summed E-state index contributed by atoms with van der Waals surface area (Å²) in [7, 11) is 0. The van der Waals surface area contributed by atoms with Gasteiger partial charge in [-0.2, -0.15) is 15.3 Å². The molecule has 2 heterocycles. The van der Waals surface area contributed by atoms with Crippen LogP contribution in [0.4, 0.5) is 0 Å². The van der Waals surface area contributed by atoms with Crippen LogP contribution in [0.3, 0.4) is 0 Å². The Morgan fingerprint density at radius 2 is 1.94 bits per heavy atom. The molecule has 1 atom stereocenters. The average Bonchev–Trinajstić information content (AvgIpc) is 2.99. The molecule has 5 heteroatoms. The number of rotatable bonds is 2. The summed E-state index contributed by atoms with van der Waals surface area (Å²) in [4.78, 5) is -0.812. The van der Waals surface area contributed by atoms with Gasteiger partial charge in [0.25, 0.3) is 0 Å². The number of hydrogen-bond acceptors (Lipinski definition) is 3. The molecule has 2 aromatic rings. The van der Waals surface area contributed by atoms with Crippen molar-refractivity contribution in [3.63, 3.8) is 0 Å². The Labute approximate surface area is 103 Å². The molecule has 1 N–H and O–H groups in total. The van der Waals surface area contributed by atoms with Crippen LogP contribution in [0.5, 0.6) is 0 Å². The minimum atomic E-state index is -0.812. The highest BCUT2D eigenvalue weighted by atomic mass is 35.5. The van der Waals surface area contributed by atoms with Crippen LogP contribution < -0.4 is 0 Å². The van der Waals surface area contributed by atoms with Gasteiger partial charge in [0.05, 0.1) is 11.9 Å². The molecule has 0 fully saturated rings. The third kappa shape index (κ3) is 1.57. The van der Waals surface area contributed by atoms with Crippen molar-refractivity contribution in [2.24, 2.45) is 10.2 Å². The Morgan fingerprint density at radius 3 is 2.65 bits per heavy atom. The van der Waals surface area contributed by atoms with Crippen molar-refractivity contribution >= 4 is 23.5 Å². The van der Waals surface area contributed by atoms with Crippen molar-refractivity contribution in [2.75, 3.05) is 0 Å². The molecule has 0 radical (unpaired) electrons. The van der Waals surface area contributed by atoms with E-state index in [1.165, 1.54) is 0 Å². The Bertz CT molecular complexity index is 574. The summed E-state index contributed by atoms with van der Waals surface area (Å²) in [6, 6.07) is 11.6. The van der Waals surface area contributed by atoms with E-state index in [2.05, 4.69) is 20.4 Å². The van der Waals surface area contributed by atoms with Crippen molar-refractivity contribution in [1.29, 1.82) is 0 Å². The van der Waals surface area contributed by atoms with Crippen molar-refractivity contribution < 1.29 is 0 Å². The standard InChI is InChI=1S/C12H9ClN4/c13-12(9-4-2-1-3-5-9)8-15-17-11(12)10-6-7-14-16-10/h1-8H,(H,14,16). The molecule has 0 saturated heterocycles. The second kappa shape index (κ2) is 3.82. The number of alkyl halides is 1. The summed E-state index contributed by atoms with van der Waals surface area (Å²) >= 11 is 6.63. The average molecular weight is 245 g/mol. The van der Waals surface area contributed by atoms with Crippen LogP contribution in [0.25, 0.3) is 0 Å². The molecular weight excluding hydrogens is 236 g/mol. The van der Waals surface area contributed by atoms with Crippen LogP contribution in [0, 0.1) is 0 Å². The van der Waals surface area contributed by atoms with E-state index in [9.17, 15) is 0 Å². The smallest absolute Gasteiger partial charge is 0.152 e. The highest BCUT2D eigenvalue weighted by molar-refractivity contribution is 6.47. The van der Waals surface area contributed by atoms with Gasteiger partial charge in [-0.15, -0.1) is 11.6 Å². The molecule has 0 spiro atoms. The maximum absolute atomic E-state index is 6.63. The SMILES string of the molecule is ClC1(c2ccccc2)C=NN=C1c1ccn[nH]1. The lowest BCUT2D eigenvalue weighted by molar-refractivity contribution is 1.05. The van der Waals surface area contributed by atoms with Gasteiger partial charge in [0, 0.05) is 6.20 Å². The van der Waals surface area contributed by atoms with Crippen molar-refractivity contribution in [2.45, 2.75) is 4.87 Å². The highest BCUT2D eigenvalue weighted by Crippen LogP contribution is 2.34. The molecule has 17 heavy (non-hydrogen) atoms. The molecule has 0 amide bonds. The van der Waals surface area contributed by atoms with Crippen molar-refractivity contribution in [1.82, 2.24) is 10.2 Å². The van der Waals surface area contributed by atoms with Crippen molar-refractivity contribution in [3.8, 4) is 0 Å². The topological polar surface area (TPSA) is 53.4 Å². The molecule has 1 aliphatic rings. The van der Waals surface area contributed by atoms with E-state index in [1.54, 1.807) is 12.4 Å². The Morgan fingerprint density at radius 1 is 1.12 bits per heavy atom. The lowest BCUT2D eigenvalue weighted by Crippen LogP contribution is -2.29. The predicted octanol–water partition coefficient (Wildman–Crippen LogP) is 2.33. The fourth-order valence-corrected chi connectivity index (χ4v) is 2.14. The Kier molecular flexibility index (Phi) is 2.30. The van der Waals surface area contributed by atoms with Gasteiger partial charge in [0.1, 0.15) is 5.71 Å². The fourth-order valence-electron chi connectivity index (χ4n) is 1.83. The molecule has 84 valence electrons. The number of halogens is 1. The van der Waals surface area contributed by atoms with E-state index in [0.717, 1.165) is 11.3 Å². The predicted molar refractivity (Wildman–Crippen MR) is 67.6 cm³/mol. The molecule has 3 rings (SSSR count). The number of nitrogens with one attached hydrogen (secondary N) is 1. The van der Waals surface area contributed by atoms with E-state index in [1.807, 2.05) is 36.4 Å². The first-order valence-electron chi connectivity index (χ1n) is 5.17. The third-order valence-corrected chi connectivity index (χ3v) is 3.18. The molecule has 0 saturated carbocycles. The molecule has 0 bridgehead atoms. The largest absolute Gasteiger partial charge is 0.276 e. The fraction of sp³-hybridized carbons (Fsp3) is 0.0833. The molecule has 1 aromatic carbocycles. The van der Waals surface area contributed by atoms with Gasteiger partial charge in [-0.1, -0.05) is 30.3 Å². The van der Waals surface area contributed by atoms with Gasteiger partial charge < -0.3 is 0 Å². The van der Waals surface area contributed by atoms with E-state index in [0.29, 0.717) is 5.71 Å². The van der Waals surface area contributed by atoms with Gasteiger partial charge in [-0.3, -0.25) is 5.10 Å². The minimum absolute atomic E-state index is 0.669.